The molecule has 0 radical (unpaired) electrons. The Bertz CT molecular complexity index is 258. The van der Waals surface area contributed by atoms with Crippen molar-refractivity contribution in [3.05, 3.63) is 30.3 Å². The molecule has 68 valence electrons. The molecule has 0 fully saturated rings. The molecule has 0 aliphatic rings. The minimum Gasteiger partial charge on any atom is -0.790 e. The van der Waals surface area contributed by atoms with E-state index in [0.29, 0.717) is 0 Å². The van der Waals surface area contributed by atoms with Gasteiger partial charge in [-0.15, -0.1) is 0 Å². The van der Waals surface area contributed by atoms with E-state index >= 15 is 0 Å². The van der Waals surface area contributed by atoms with Crippen LogP contribution in [0.4, 0.5) is 5.69 Å². The molecular formula is C6H8K2NO4P. The average Bonchev–Trinajstić information content (AvgIpc) is 1.85. The van der Waals surface area contributed by atoms with Crippen LogP contribution < -0.4 is 118 Å². The van der Waals surface area contributed by atoms with Crippen molar-refractivity contribution in [2.45, 2.75) is 0 Å². The van der Waals surface area contributed by atoms with Crippen LogP contribution in [-0.4, -0.2) is 4.89 Å². The van der Waals surface area contributed by atoms with E-state index in [-0.39, 0.29) is 103 Å². The van der Waals surface area contributed by atoms with Gasteiger partial charge in [-0.05, 0) is 12.1 Å². The van der Waals surface area contributed by atoms with E-state index in [2.05, 4.69) is 0 Å². The fourth-order valence-electron chi connectivity index (χ4n) is 0.453. The SMILES string of the molecule is Nc1ccccc1.O=P([O-])([O-])O.[K+].[K+]. The Labute approximate surface area is 168 Å². The molecule has 0 amide bonds. The van der Waals surface area contributed by atoms with Crippen molar-refractivity contribution in [3.63, 3.8) is 0 Å². The Morgan fingerprint density at radius 2 is 1.43 bits per heavy atom. The third-order valence-corrected chi connectivity index (χ3v) is 0.800. The van der Waals surface area contributed by atoms with E-state index in [0.717, 1.165) is 5.69 Å². The zero-order chi connectivity index (χ0) is 9.61. The van der Waals surface area contributed by atoms with Crippen molar-refractivity contribution in [1.82, 2.24) is 0 Å². The summed E-state index contributed by atoms with van der Waals surface area (Å²) in [4.78, 5) is 24.3. The van der Waals surface area contributed by atoms with Gasteiger partial charge in [0.05, 0.1) is 7.82 Å². The Morgan fingerprint density at radius 1 is 1.14 bits per heavy atom. The number of nitrogen functional groups attached to an aromatic ring is 1. The third-order valence-electron chi connectivity index (χ3n) is 0.800. The van der Waals surface area contributed by atoms with Gasteiger partial charge in [-0.1, -0.05) is 18.2 Å². The quantitative estimate of drug-likeness (QED) is 0.276. The summed E-state index contributed by atoms with van der Waals surface area (Å²) >= 11 is 0. The van der Waals surface area contributed by atoms with Crippen LogP contribution in [0.25, 0.3) is 0 Å². The van der Waals surface area contributed by atoms with E-state index in [1.165, 1.54) is 0 Å². The van der Waals surface area contributed by atoms with Crippen LogP contribution in [-0.2, 0) is 4.57 Å². The summed E-state index contributed by atoms with van der Waals surface area (Å²) in [6.45, 7) is 0. The van der Waals surface area contributed by atoms with Crippen LogP contribution in [0.3, 0.4) is 0 Å². The zero-order valence-corrected chi connectivity index (χ0v) is 15.2. The first-order valence-corrected chi connectivity index (χ1v) is 4.44. The Balaban J connectivity index is -0.000000159. The molecule has 0 saturated carbocycles. The molecular weight excluding hydrogens is 259 g/mol. The van der Waals surface area contributed by atoms with Gasteiger partial charge < -0.3 is 25.0 Å². The second-order valence-corrected chi connectivity index (χ2v) is 2.82. The Kier molecular flexibility index (Phi) is 18.4. The predicted octanol–water partition coefficient (Wildman–Crippen LogP) is -6.92. The number of para-hydroxylation sites is 1. The molecule has 1 aromatic rings. The standard InChI is InChI=1S/C6H7N.2K.H3O4P/c7-6-4-2-1-3-5-6;;;1-5(2,3)4/h1-5H,7H2;;;(H3,1,2,3,4)/q;2*+1;/p-2. The van der Waals surface area contributed by atoms with Crippen molar-refractivity contribution in [3.8, 4) is 0 Å². The van der Waals surface area contributed by atoms with Crippen LogP contribution in [0.2, 0.25) is 0 Å². The Morgan fingerprint density at radius 3 is 1.57 bits per heavy atom. The summed E-state index contributed by atoms with van der Waals surface area (Å²) < 4.78 is 8.66. The van der Waals surface area contributed by atoms with Gasteiger partial charge in [0.15, 0.2) is 0 Å². The largest absolute Gasteiger partial charge is 1.00 e. The molecule has 0 saturated heterocycles. The molecule has 0 spiro atoms. The predicted molar refractivity (Wildman–Crippen MR) is 40.7 cm³/mol. The smallest absolute Gasteiger partial charge is 0.790 e. The molecule has 0 unspecified atom stereocenters. The molecule has 5 nitrogen and oxygen atoms in total. The van der Waals surface area contributed by atoms with Gasteiger partial charge in [-0.3, -0.25) is 0 Å². The molecule has 3 N–H and O–H groups in total. The fourth-order valence-corrected chi connectivity index (χ4v) is 0.453. The summed E-state index contributed by atoms with van der Waals surface area (Å²) in [7, 11) is -5.14. The number of benzene rings is 1. The summed E-state index contributed by atoms with van der Waals surface area (Å²) in [5, 5.41) is 0. The van der Waals surface area contributed by atoms with Crippen LogP contribution in [0.15, 0.2) is 30.3 Å². The van der Waals surface area contributed by atoms with Crippen molar-refractivity contribution >= 4 is 13.5 Å². The zero-order valence-electron chi connectivity index (χ0n) is 8.08. The minimum absolute atomic E-state index is 0. The second kappa shape index (κ2) is 11.9. The average molecular weight is 267 g/mol. The van der Waals surface area contributed by atoms with Crippen LogP contribution >= 0.6 is 7.82 Å². The number of phosphoric acid groups is 1. The maximum atomic E-state index is 8.66. The van der Waals surface area contributed by atoms with Crippen molar-refractivity contribution in [2.75, 3.05) is 5.73 Å². The molecule has 0 atom stereocenters. The van der Waals surface area contributed by atoms with Gasteiger partial charge in [-0.25, -0.2) is 0 Å². The molecule has 0 aliphatic carbocycles. The molecule has 14 heavy (non-hydrogen) atoms. The van der Waals surface area contributed by atoms with E-state index in [1.807, 2.05) is 30.3 Å². The van der Waals surface area contributed by atoms with Crippen LogP contribution in [0.5, 0.6) is 0 Å². The molecule has 0 heterocycles. The number of rotatable bonds is 0. The molecule has 0 aromatic heterocycles. The third kappa shape index (κ3) is 23.9. The Hall–Kier alpha value is 2.40. The maximum absolute atomic E-state index is 8.66. The fraction of sp³-hybridized carbons (Fsp3) is 0. The first-order chi connectivity index (χ1) is 5.39. The maximum Gasteiger partial charge on any atom is 1.00 e. The monoisotopic (exact) mass is 267 g/mol. The summed E-state index contributed by atoms with van der Waals surface area (Å²) in [6.07, 6.45) is 0. The summed E-state index contributed by atoms with van der Waals surface area (Å²) in [6, 6.07) is 9.49. The van der Waals surface area contributed by atoms with Crippen LogP contribution in [0.1, 0.15) is 0 Å². The van der Waals surface area contributed by atoms with Gasteiger partial charge in [0.25, 0.3) is 0 Å². The molecule has 0 aliphatic heterocycles. The number of hydrogen-bond acceptors (Lipinski definition) is 4. The molecule has 1 aromatic carbocycles. The number of anilines is 1. The second-order valence-electron chi connectivity index (χ2n) is 1.88. The first kappa shape index (κ1) is 21.7. The van der Waals surface area contributed by atoms with Gasteiger partial charge >= 0.3 is 103 Å². The van der Waals surface area contributed by atoms with Gasteiger partial charge in [0.1, 0.15) is 0 Å². The van der Waals surface area contributed by atoms with Gasteiger partial charge in [-0.2, -0.15) is 0 Å². The minimum atomic E-state index is -5.14. The topological polar surface area (TPSA) is 109 Å². The van der Waals surface area contributed by atoms with Crippen molar-refractivity contribution in [2.24, 2.45) is 0 Å². The van der Waals surface area contributed by atoms with E-state index < -0.39 is 7.82 Å². The van der Waals surface area contributed by atoms with Gasteiger partial charge in [0.2, 0.25) is 0 Å². The normalized spacial score (nSPS) is 8.50. The van der Waals surface area contributed by atoms with Crippen molar-refractivity contribution < 1.29 is 122 Å². The first-order valence-electron chi connectivity index (χ1n) is 2.95. The van der Waals surface area contributed by atoms with E-state index in [9.17, 15) is 0 Å². The van der Waals surface area contributed by atoms with E-state index in [4.69, 9.17) is 25.0 Å². The summed E-state index contributed by atoms with van der Waals surface area (Å²) in [5.41, 5.74) is 6.18. The van der Waals surface area contributed by atoms with Crippen molar-refractivity contribution in [1.29, 1.82) is 0 Å². The summed E-state index contributed by atoms with van der Waals surface area (Å²) in [5.74, 6) is 0. The van der Waals surface area contributed by atoms with Crippen LogP contribution in [0, 0.1) is 0 Å². The number of hydrogen-bond donors (Lipinski definition) is 2. The van der Waals surface area contributed by atoms with Gasteiger partial charge in [0, 0.05) is 5.69 Å². The number of nitrogens with two attached hydrogens (primary N) is 1. The molecule has 8 heteroatoms. The molecule has 0 bridgehead atoms. The van der Waals surface area contributed by atoms with E-state index in [1.54, 1.807) is 0 Å². The molecule has 1 rings (SSSR count).